The molecule has 0 spiro atoms. The summed E-state index contributed by atoms with van der Waals surface area (Å²) >= 11 is 0. The lowest BCUT2D eigenvalue weighted by molar-refractivity contribution is -0.158. The predicted octanol–water partition coefficient (Wildman–Crippen LogP) is 0.858. The molecule has 1 amide bonds. The average Bonchev–Trinajstić information content (AvgIpc) is 2.52. The fourth-order valence-corrected chi connectivity index (χ4v) is 1.63. The Hall–Kier alpha value is -0.830. The number of nitrogens with one attached hydrogen (secondary N) is 1. The smallest absolute Gasteiger partial charge is 0.230 e. The molecule has 1 fully saturated rings. The third kappa shape index (κ3) is 1.61. The molecule has 0 bridgehead atoms. The van der Waals surface area contributed by atoms with Gasteiger partial charge in [-0.3, -0.25) is 4.79 Å². The van der Waals surface area contributed by atoms with E-state index >= 15 is 0 Å². The van der Waals surface area contributed by atoms with Gasteiger partial charge in [0, 0.05) is 6.04 Å². The van der Waals surface area contributed by atoms with E-state index in [2.05, 4.69) is 17.5 Å². The van der Waals surface area contributed by atoms with Crippen LogP contribution in [0.1, 0.15) is 19.8 Å². The molecule has 2 aliphatic rings. The van der Waals surface area contributed by atoms with Crippen LogP contribution in [0.5, 0.6) is 0 Å². The van der Waals surface area contributed by atoms with Crippen LogP contribution in [0, 0.1) is 5.41 Å². The Morgan fingerprint density at radius 1 is 1.46 bits per heavy atom. The Bertz CT molecular complexity index is 235. The van der Waals surface area contributed by atoms with Crippen molar-refractivity contribution < 1.29 is 9.53 Å². The van der Waals surface area contributed by atoms with E-state index in [-0.39, 0.29) is 11.3 Å². The summed E-state index contributed by atoms with van der Waals surface area (Å²) in [4.78, 5) is 11.7. The van der Waals surface area contributed by atoms with Crippen LogP contribution in [0.2, 0.25) is 0 Å². The van der Waals surface area contributed by atoms with Crippen molar-refractivity contribution in [3.05, 3.63) is 12.2 Å². The number of hydrogen-bond donors (Lipinski definition) is 1. The quantitative estimate of drug-likeness (QED) is 0.641. The van der Waals surface area contributed by atoms with Gasteiger partial charge < -0.3 is 10.1 Å². The third-order valence-corrected chi connectivity index (χ3v) is 2.73. The minimum Gasteiger partial charge on any atom is -0.379 e. The second-order valence-electron chi connectivity index (χ2n) is 4.17. The number of carbonyl (C=O) groups excluding carboxylic acids is 1. The van der Waals surface area contributed by atoms with Crippen molar-refractivity contribution in [3.63, 3.8) is 0 Å². The van der Waals surface area contributed by atoms with Crippen LogP contribution < -0.4 is 5.32 Å². The summed E-state index contributed by atoms with van der Waals surface area (Å²) in [5.41, 5.74) is -0.261. The van der Waals surface area contributed by atoms with Crippen molar-refractivity contribution in [1.29, 1.82) is 0 Å². The van der Waals surface area contributed by atoms with Crippen molar-refractivity contribution in [2.75, 3.05) is 13.2 Å². The minimum absolute atomic E-state index is 0.146. The van der Waals surface area contributed by atoms with Gasteiger partial charge in [-0.25, -0.2) is 0 Å². The highest BCUT2D eigenvalue weighted by Gasteiger charge is 2.41. The van der Waals surface area contributed by atoms with Gasteiger partial charge in [0.2, 0.25) is 5.91 Å². The zero-order valence-corrected chi connectivity index (χ0v) is 7.88. The molecule has 1 saturated heterocycles. The Morgan fingerprint density at radius 3 is 2.54 bits per heavy atom. The molecule has 13 heavy (non-hydrogen) atoms. The number of rotatable bonds is 2. The molecule has 1 aliphatic carbocycles. The summed E-state index contributed by atoms with van der Waals surface area (Å²) in [5, 5.41) is 3.04. The van der Waals surface area contributed by atoms with Gasteiger partial charge in [0.15, 0.2) is 0 Å². The maximum atomic E-state index is 11.7. The van der Waals surface area contributed by atoms with Crippen LogP contribution in [0.3, 0.4) is 0 Å². The van der Waals surface area contributed by atoms with Gasteiger partial charge in [0.1, 0.15) is 0 Å². The molecule has 0 radical (unpaired) electrons. The summed E-state index contributed by atoms with van der Waals surface area (Å²) in [7, 11) is 0. The third-order valence-electron chi connectivity index (χ3n) is 2.73. The zero-order chi connectivity index (χ0) is 9.31. The SMILES string of the molecule is CC1(C(=O)NC2CC=CC2)COC1. The highest BCUT2D eigenvalue weighted by molar-refractivity contribution is 5.83. The first kappa shape index (κ1) is 8.75. The van der Waals surface area contributed by atoms with Crippen molar-refractivity contribution in [1.82, 2.24) is 5.32 Å². The number of amides is 1. The molecule has 0 unspecified atom stereocenters. The molecule has 2 rings (SSSR count). The van der Waals surface area contributed by atoms with Crippen LogP contribution in [0.4, 0.5) is 0 Å². The molecule has 3 heteroatoms. The second-order valence-corrected chi connectivity index (χ2v) is 4.17. The summed E-state index contributed by atoms with van der Waals surface area (Å²) < 4.78 is 5.05. The molecule has 1 aliphatic heterocycles. The minimum atomic E-state index is -0.261. The van der Waals surface area contributed by atoms with Crippen LogP contribution in [-0.2, 0) is 9.53 Å². The van der Waals surface area contributed by atoms with Crippen molar-refractivity contribution in [3.8, 4) is 0 Å². The van der Waals surface area contributed by atoms with Gasteiger partial charge in [-0.2, -0.15) is 0 Å². The molecule has 72 valence electrons. The van der Waals surface area contributed by atoms with Crippen LogP contribution in [0.25, 0.3) is 0 Å². The molecule has 0 aromatic carbocycles. The largest absolute Gasteiger partial charge is 0.379 e. The van der Waals surface area contributed by atoms with Gasteiger partial charge in [0.05, 0.1) is 18.6 Å². The van der Waals surface area contributed by atoms with Gasteiger partial charge >= 0.3 is 0 Å². The molecule has 1 N–H and O–H groups in total. The highest BCUT2D eigenvalue weighted by atomic mass is 16.5. The fourth-order valence-electron chi connectivity index (χ4n) is 1.63. The molecular weight excluding hydrogens is 166 g/mol. The lowest BCUT2D eigenvalue weighted by atomic mass is 9.87. The van der Waals surface area contributed by atoms with Gasteiger partial charge in [0.25, 0.3) is 0 Å². The average molecular weight is 181 g/mol. The van der Waals surface area contributed by atoms with Gasteiger partial charge in [-0.05, 0) is 19.8 Å². The first-order valence-electron chi connectivity index (χ1n) is 4.74. The second kappa shape index (κ2) is 3.14. The molecule has 0 aromatic rings. The van der Waals surface area contributed by atoms with E-state index < -0.39 is 0 Å². The molecule has 1 heterocycles. The van der Waals surface area contributed by atoms with Gasteiger partial charge in [-0.1, -0.05) is 12.2 Å². The van der Waals surface area contributed by atoms with Crippen molar-refractivity contribution in [2.24, 2.45) is 5.41 Å². The summed E-state index contributed by atoms with van der Waals surface area (Å²) in [6.07, 6.45) is 6.18. The van der Waals surface area contributed by atoms with Crippen LogP contribution in [0.15, 0.2) is 12.2 Å². The monoisotopic (exact) mass is 181 g/mol. The van der Waals surface area contributed by atoms with Crippen molar-refractivity contribution in [2.45, 2.75) is 25.8 Å². The number of hydrogen-bond acceptors (Lipinski definition) is 2. The van der Waals surface area contributed by atoms with E-state index in [0.717, 1.165) is 12.8 Å². The normalized spacial score (nSPS) is 25.6. The van der Waals surface area contributed by atoms with Crippen molar-refractivity contribution >= 4 is 5.91 Å². The lowest BCUT2D eigenvalue weighted by Crippen LogP contribution is -2.53. The standard InChI is InChI=1S/C10H15NO2/c1-10(6-13-7-10)9(12)11-8-4-2-3-5-8/h2-3,8H,4-7H2,1H3,(H,11,12). The maximum Gasteiger partial charge on any atom is 0.230 e. The predicted molar refractivity (Wildman–Crippen MR) is 49.2 cm³/mol. The molecule has 0 saturated carbocycles. The Morgan fingerprint density at radius 2 is 2.08 bits per heavy atom. The summed E-state index contributed by atoms with van der Waals surface area (Å²) in [5.74, 6) is 0.146. The van der Waals surface area contributed by atoms with E-state index in [9.17, 15) is 4.79 Å². The van der Waals surface area contributed by atoms with E-state index in [0.29, 0.717) is 19.3 Å². The first-order chi connectivity index (χ1) is 6.21. The topological polar surface area (TPSA) is 38.3 Å². The van der Waals surface area contributed by atoms with Crippen LogP contribution >= 0.6 is 0 Å². The lowest BCUT2D eigenvalue weighted by Gasteiger charge is -2.37. The Labute approximate surface area is 78.1 Å². The Balaban J connectivity index is 1.84. The Kier molecular flexibility index (Phi) is 2.12. The number of carbonyl (C=O) groups is 1. The molecular formula is C10H15NO2. The van der Waals surface area contributed by atoms with E-state index in [1.165, 1.54) is 0 Å². The van der Waals surface area contributed by atoms with Crippen LogP contribution in [-0.4, -0.2) is 25.2 Å². The fraction of sp³-hybridized carbons (Fsp3) is 0.700. The van der Waals surface area contributed by atoms with Gasteiger partial charge in [-0.15, -0.1) is 0 Å². The van der Waals surface area contributed by atoms with E-state index in [1.54, 1.807) is 0 Å². The van der Waals surface area contributed by atoms with E-state index in [4.69, 9.17) is 4.74 Å². The first-order valence-corrected chi connectivity index (χ1v) is 4.74. The molecule has 3 nitrogen and oxygen atoms in total. The summed E-state index contributed by atoms with van der Waals surface area (Å²) in [6, 6.07) is 0.324. The molecule has 0 aromatic heterocycles. The maximum absolute atomic E-state index is 11.7. The highest BCUT2D eigenvalue weighted by Crippen LogP contribution is 2.27. The zero-order valence-electron chi connectivity index (χ0n) is 7.88. The summed E-state index contributed by atoms with van der Waals surface area (Å²) in [6.45, 7) is 3.09. The molecule has 0 atom stereocenters. The van der Waals surface area contributed by atoms with E-state index in [1.807, 2.05) is 6.92 Å². The number of ether oxygens (including phenoxy) is 1.